The molecule has 3 atom stereocenters. The fourth-order valence-electron chi connectivity index (χ4n) is 2.68. The van der Waals surface area contributed by atoms with Gasteiger partial charge in [-0.2, -0.15) is 0 Å². The van der Waals surface area contributed by atoms with Crippen LogP contribution < -0.4 is 5.32 Å². The van der Waals surface area contributed by atoms with Gasteiger partial charge in [0.05, 0.1) is 12.2 Å². The number of ether oxygens (including phenoxy) is 1. The zero-order chi connectivity index (χ0) is 15.4. The Morgan fingerprint density at radius 3 is 2.71 bits per heavy atom. The van der Waals surface area contributed by atoms with Gasteiger partial charge in [0.25, 0.3) is 5.91 Å². The van der Waals surface area contributed by atoms with Crippen LogP contribution in [0.3, 0.4) is 0 Å². The van der Waals surface area contributed by atoms with Gasteiger partial charge in [-0.25, -0.2) is 0 Å². The van der Waals surface area contributed by atoms with Crippen molar-refractivity contribution in [3.05, 3.63) is 33.4 Å². The topological polar surface area (TPSA) is 41.6 Å². The minimum Gasteiger partial charge on any atom is -0.373 e. The van der Waals surface area contributed by atoms with Crippen LogP contribution in [-0.4, -0.2) is 48.7 Å². The molecule has 116 valence electrons. The first-order valence-corrected chi connectivity index (χ1v) is 8.47. The van der Waals surface area contributed by atoms with E-state index < -0.39 is 0 Å². The predicted octanol–water partition coefficient (Wildman–Crippen LogP) is 2.52. The Labute approximate surface area is 140 Å². The van der Waals surface area contributed by atoms with Crippen LogP contribution in [0.4, 0.5) is 0 Å². The summed E-state index contributed by atoms with van der Waals surface area (Å²) in [6, 6.07) is 7.95. The monoisotopic (exact) mass is 402 g/mol. The maximum absolute atomic E-state index is 12.2. The average molecular weight is 402 g/mol. The highest BCUT2D eigenvalue weighted by molar-refractivity contribution is 14.1. The average Bonchev–Trinajstić information content (AvgIpc) is 2.43. The molecule has 5 heteroatoms. The number of rotatable bonds is 4. The largest absolute Gasteiger partial charge is 0.373 e. The molecule has 2 rings (SSSR count). The van der Waals surface area contributed by atoms with Crippen molar-refractivity contribution in [2.24, 2.45) is 0 Å². The van der Waals surface area contributed by atoms with E-state index in [9.17, 15) is 4.79 Å². The second-order valence-electron chi connectivity index (χ2n) is 5.78. The minimum atomic E-state index is -0.00489. The summed E-state index contributed by atoms with van der Waals surface area (Å²) in [6.07, 6.45) is 0.505. The summed E-state index contributed by atoms with van der Waals surface area (Å²) in [5.41, 5.74) is 0.720. The van der Waals surface area contributed by atoms with E-state index in [2.05, 4.69) is 53.6 Å². The van der Waals surface area contributed by atoms with Crippen molar-refractivity contribution in [2.45, 2.75) is 39.0 Å². The quantitative estimate of drug-likeness (QED) is 0.788. The molecule has 0 aromatic heterocycles. The SMILES string of the molecule is C[C@@H]1CN([C@@H](C)CNC(=O)c2cccc(I)c2)C[C@@H](C)O1. The first kappa shape index (κ1) is 16.7. The van der Waals surface area contributed by atoms with Crippen LogP contribution >= 0.6 is 22.6 Å². The standard InChI is InChI=1S/C16H23IN2O2/c1-11(19-9-12(2)21-13(3)10-19)8-18-16(20)14-5-4-6-15(17)7-14/h4-7,11-13H,8-10H2,1-3H3,(H,18,20)/t11-,12+,13+/m0/s1. The van der Waals surface area contributed by atoms with E-state index >= 15 is 0 Å². The molecule has 1 amide bonds. The molecule has 4 nitrogen and oxygen atoms in total. The van der Waals surface area contributed by atoms with E-state index in [0.29, 0.717) is 12.6 Å². The van der Waals surface area contributed by atoms with E-state index in [4.69, 9.17) is 4.74 Å². The fraction of sp³-hybridized carbons (Fsp3) is 0.562. The second kappa shape index (κ2) is 7.56. The lowest BCUT2D eigenvalue weighted by Crippen LogP contribution is -2.52. The summed E-state index contributed by atoms with van der Waals surface area (Å²) >= 11 is 2.22. The van der Waals surface area contributed by atoms with Gasteiger partial charge in [0, 0.05) is 34.8 Å². The van der Waals surface area contributed by atoms with Crippen molar-refractivity contribution in [3.63, 3.8) is 0 Å². The number of nitrogens with zero attached hydrogens (tertiary/aromatic N) is 1. The number of carbonyl (C=O) groups excluding carboxylic acids is 1. The highest BCUT2D eigenvalue weighted by Gasteiger charge is 2.25. The van der Waals surface area contributed by atoms with Gasteiger partial charge in [0.2, 0.25) is 0 Å². The molecular weight excluding hydrogens is 379 g/mol. The molecule has 1 aromatic rings. The van der Waals surface area contributed by atoms with Crippen molar-refractivity contribution in [1.82, 2.24) is 10.2 Å². The summed E-state index contributed by atoms with van der Waals surface area (Å²) in [4.78, 5) is 14.5. The van der Waals surface area contributed by atoms with Crippen molar-refractivity contribution >= 4 is 28.5 Å². The number of hydrogen-bond donors (Lipinski definition) is 1. The van der Waals surface area contributed by atoms with E-state index in [1.54, 1.807) is 0 Å². The third kappa shape index (κ3) is 4.93. The number of carbonyl (C=O) groups is 1. The lowest BCUT2D eigenvalue weighted by Gasteiger charge is -2.39. The van der Waals surface area contributed by atoms with Gasteiger partial charge in [0.15, 0.2) is 0 Å². The molecule has 1 fully saturated rings. The second-order valence-corrected chi connectivity index (χ2v) is 7.03. The Morgan fingerprint density at radius 1 is 1.43 bits per heavy atom. The molecule has 1 aromatic carbocycles. The highest BCUT2D eigenvalue weighted by atomic mass is 127. The third-order valence-electron chi connectivity index (χ3n) is 3.72. The maximum Gasteiger partial charge on any atom is 0.251 e. The van der Waals surface area contributed by atoms with Crippen LogP contribution in [-0.2, 0) is 4.74 Å². The Morgan fingerprint density at radius 2 is 2.10 bits per heavy atom. The molecular formula is C16H23IN2O2. The van der Waals surface area contributed by atoms with E-state index in [1.165, 1.54) is 0 Å². The van der Waals surface area contributed by atoms with Gasteiger partial charge in [-0.05, 0) is 61.6 Å². The smallest absolute Gasteiger partial charge is 0.251 e. The van der Waals surface area contributed by atoms with Gasteiger partial charge in [0.1, 0.15) is 0 Å². The lowest BCUT2D eigenvalue weighted by molar-refractivity contribution is -0.0778. The summed E-state index contributed by atoms with van der Waals surface area (Å²) < 4.78 is 6.82. The van der Waals surface area contributed by atoms with Crippen molar-refractivity contribution in [1.29, 1.82) is 0 Å². The van der Waals surface area contributed by atoms with Crippen molar-refractivity contribution in [2.75, 3.05) is 19.6 Å². The maximum atomic E-state index is 12.2. The summed E-state index contributed by atoms with van der Waals surface area (Å²) in [7, 11) is 0. The molecule has 0 saturated carbocycles. The number of benzene rings is 1. The predicted molar refractivity (Wildman–Crippen MR) is 92.5 cm³/mol. The van der Waals surface area contributed by atoms with E-state index in [1.807, 2.05) is 24.3 Å². The van der Waals surface area contributed by atoms with Gasteiger partial charge < -0.3 is 10.1 Å². The molecule has 0 aliphatic carbocycles. The number of morpholine rings is 1. The summed E-state index contributed by atoms with van der Waals surface area (Å²) in [5.74, 6) is -0.00489. The van der Waals surface area contributed by atoms with Crippen LogP contribution in [0.5, 0.6) is 0 Å². The molecule has 0 bridgehead atoms. The Bertz CT molecular complexity index is 485. The van der Waals surface area contributed by atoms with Crippen LogP contribution in [0.25, 0.3) is 0 Å². The summed E-state index contributed by atoms with van der Waals surface area (Å²) in [6.45, 7) is 8.85. The zero-order valence-electron chi connectivity index (χ0n) is 12.8. The highest BCUT2D eigenvalue weighted by Crippen LogP contribution is 2.13. The molecule has 0 unspecified atom stereocenters. The van der Waals surface area contributed by atoms with Crippen LogP contribution in [0.2, 0.25) is 0 Å². The Balaban J connectivity index is 1.86. The third-order valence-corrected chi connectivity index (χ3v) is 4.39. The Kier molecular flexibility index (Phi) is 6.01. The van der Waals surface area contributed by atoms with E-state index in [0.717, 1.165) is 22.2 Å². The van der Waals surface area contributed by atoms with Crippen LogP contribution in [0, 0.1) is 3.57 Å². The van der Waals surface area contributed by atoms with Gasteiger partial charge in [-0.3, -0.25) is 9.69 Å². The zero-order valence-corrected chi connectivity index (χ0v) is 15.0. The fourth-order valence-corrected chi connectivity index (χ4v) is 3.22. The molecule has 0 radical (unpaired) electrons. The summed E-state index contributed by atoms with van der Waals surface area (Å²) in [5, 5.41) is 3.03. The van der Waals surface area contributed by atoms with E-state index in [-0.39, 0.29) is 18.1 Å². The number of hydrogen-bond acceptors (Lipinski definition) is 3. The molecule has 21 heavy (non-hydrogen) atoms. The lowest BCUT2D eigenvalue weighted by atomic mass is 10.1. The number of nitrogens with one attached hydrogen (secondary N) is 1. The van der Waals surface area contributed by atoms with Gasteiger partial charge in [-0.15, -0.1) is 0 Å². The van der Waals surface area contributed by atoms with Crippen molar-refractivity contribution < 1.29 is 9.53 Å². The normalized spacial score (nSPS) is 24.6. The first-order valence-electron chi connectivity index (χ1n) is 7.39. The Hall–Kier alpha value is -0.660. The van der Waals surface area contributed by atoms with Crippen molar-refractivity contribution in [3.8, 4) is 0 Å². The minimum absolute atomic E-state index is 0.00489. The number of amides is 1. The molecule has 1 aliphatic rings. The van der Waals surface area contributed by atoms with Crippen LogP contribution in [0.1, 0.15) is 31.1 Å². The molecule has 1 heterocycles. The molecule has 1 saturated heterocycles. The first-order chi connectivity index (χ1) is 9.95. The van der Waals surface area contributed by atoms with Crippen LogP contribution in [0.15, 0.2) is 24.3 Å². The van der Waals surface area contributed by atoms with Gasteiger partial charge in [-0.1, -0.05) is 6.07 Å². The van der Waals surface area contributed by atoms with Gasteiger partial charge >= 0.3 is 0 Å². The number of halogens is 1. The molecule has 0 spiro atoms. The molecule has 1 aliphatic heterocycles. The molecule has 1 N–H and O–H groups in total.